The fourth-order valence-electron chi connectivity index (χ4n) is 3.02. The normalized spacial score (nSPS) is 12.6. The van der Waals surface area contributed by atoms with Crippen LogP contribution in [0.5, 0.6) is 0 Å². The fraction of sp³-hybridized carbons (Fsp3) is 0.273. The first-order valence-electron chi connectivity index (χ1n) is 9.45. The SMILES string of the molecule is CCC(NCC(=O)O)c1ccccc1.NC(Cc1c[nH]c2ccccc12)C(=O)O. The molecule has 0 aliphatic carbocycles. The second-order valence-corrected chi connectivity index (χ2v) is 6.65. The number of nitrogens with one attached hydrogen (secondary N) is 2. The van der Waals surface area contributed by atoms with Crippen LogP contribution in [0.15, 0.2) is 60.8 Å². The largest absolute Gasteiger partial charge is 0.480 e. The van der Waals surface area contributed by atoms with E-state index in [0.717, 1.165) is 28.5 Å². The number of para-hydroxylation sites is 1. The maximum Gasteiger partial charge on any atom is 0.320 e. The van der Waals surface area contributed by atoms with Gasteiger partial charge in [0.1, 0.15) is 6.04 Å². The molecular weight excluding hydrogens is 370 g/mol. The number of fused-ring (bicyclic) bond motifs is 1. The van der Waals surface area contributed by atoms with Gasteiger partial charge in [-0.25, -0.2) is 0 Å². The van der Waals surface area contributed by atoms with Gasteiger partial charge < -0.3 is 26.2 Å². The zero-order valence-corrected chi connectivity index (χ0v) is 16.3. The van der Waals surface area contributed by atoms with E-state index in [4.69, 9.17) is 15.9 Å². The molecule has 2 unspecified atom stereocenters. The highest BCUT2D eigenvalue weighted by molar-refractivity contribution is 5.84. The Balaban J connectivity index is 0.000000208. The van der Waals surface area contributed by atoms with Crippen molar-refractivity contribution in [3.05, 3.63) is 71.9 Å². The number of carbonyl (C=O) groups is 2. The highest BCUT2D eigenvalue weighted by Gasteiger charge is 2.14. The van der Waals surface area contributed by atoms with Gasteiger partial charge in [0.25, 0.3) is 0 Å². The Kier molecular flexibility index (Phi) is 8.39. The monoisotopic (exact) mass is 397 g/mol. The molecule has 0 bridgehead atoms. The molecule has 1 heterocycles. The molecule has 0 amide bonds. The molecule has 0 aliphatic rings. The van der Waals surface area contributed by atoms with Crippen molar-refractivity contribution >= 4 is 22.8 Å². The van der Waals surface area contributed by atoms with Crippen molar-refractivity contribution in [1.29, 1.82) is 0 Å². The van der Waals surface area contributed by atoms with Crippen molar-refractivity contribution in [3.8, 4) is 0 Å². The molecule has 0 fully saturated rings. The van der Waals surface area contributed by atoms with Gasteiger partial charge >= 0.3 is 11.9 Å². The van der Waals surface area contributed by atoms with Crippen LogP contribution < -0.4 is 11.1 Å². The Hall–Kier alpha value is -3.16. The Morgan fingerprint density at radius 3 is 2.34 bits per heavy atom. The van der Waals surface area contributed by atoms with Crippen molar-refractivity contribution in [1.82, 2.24) is 10.3 Å². The van der Waals surface area contributed by atoms with Crippen molar-refractivity contribution in [2.45, 2.75) is 31.8 Å². The Morgan fingerprint density at radius 2 is 1.72 bits per heavy atom. The zero-order valence-electron chi connectivity index (χ0n) is 16.3. The van der Waals surface area contributed by atoms with E-state index >= 15 is 0 Å². The molecule has 0 radical (unpaired) electrons. The van der Waals surface area contributed by atoms with Gasteiger partial charge in [0.05, 0.1) is 6.54 Å². The summed E-state index contributed by atoms with van der Waals surface area (Å²) in [6.07, 6.45) is 3.05. The van der Waals surface area contributed by atoms with Gasteiger partial charge in [-0.3, -0.25) is 9.59 Å². The number of aliphatic carboxylic acids is 2. The summed E-state index contributed by atoms with van der Waals surface area (Å²) in [5, 5.41) is 21.3. The lowest BCUT2D eigenvalue weighted by molar-refractivity contribution is -0.138. The van der Waals surface area contributed by atoms with Crippen LogP contribution in [0.3, 0.4) is 0 Å². The zero-order chi connectivity index (χ0) is 21.2. The summed E-state index contributed by atoms with van der Waals surface area (Å²) >= 11 is 0. The van der Waals surface area contributed by atoms with E-state index in [1.54, 1.807) is 0 Å². The van der Waals surface area contributed by atoms with Crippen LogP contribution in [0.25, 0.3) is 10.9 Å². The number of carboxylic acids is 2. The van der Waals surface area contributed by atoms with Gasteiger partial charge in [-0.1, -0.05) is 55.5 Å². The third-order valence-corrected chi connectivity index (χ3v) is 4.54. The van der Waals surface area contributed by atoms with Gasteiger partial charge in [-0.15, -0.1) is 0 Å². The minimum absolute atomic E-state index is 0.00734. The lowest BCUT2D eigenvalue weighted by Crippen LogP contribution is -2.32. The molecule has 2 aromatic carbocycles. The summed E-state index contributed by atoms with van der Waals surface area (Å²) in [5.74, 6) is -1.79. The minimum Gasteiger partial charge on any atom is -0.480 e. The van der Waals surface area contributed by atoms with Gasteiger partial charge in [0.2, 0.25) is 0 Å². The van der Waals surface area contributed by atoms with Crippen molar-refractivity contribution in [2.24, 2.45) is 5.73 Å². The predicted molar refractivity (Wildman–Crippen MR) is 113 cm³/mol. The van der Waals surface area contributed by atoms with Crippen LogP contribution in [-0.2, 0) is 16.0 Å². The van der Waals surface area contributed by atoms with Gasteiger partial charge in [-0.2, -0.15) is 0 Å². The highest BCUT2D eigenvalue weighted by Crippen LogP contribution is 2.18. The molecule has 3 aromatic rings. The number of aromatic nitrogens is 1. The first kappa shape index (κ1) is 22.1. The molecular formula is C22H27N3O4. The number of benzene rings is 2. The number of carboxylic acid groups (broad SMARTS) is 2. The second-order valence-electron chi connectivity index (χ2n) is 6.65. The topological polar surface area (TPSA) is 128 Å². The molecule has 1 aromatic heterocycles. The molecule has 0 saturated carbocycles. The van der Waals surface area contributed by atoms with Gasteiger partial charge in [0.15, 0.2) is 0 Å². The molecule has 2 atom stereocenters. The van der Waals surface area contributed by atoms with E-state index in [9.17, 15) is 9.59 Å². The van der Waals surface area contributed by atoms with Crippen LogP contribution in [0.2, 0.25) is 0 Å². The smallest absolute Gasteiger partial charge is 0.320 e. The van der Waals surface area contributed by atoms with Crippen molar-refractivity contribution in [2.75, 3.05) is 6.54 Å². The molecule has 6 N–H and O–H groups in total. The highest BCUT2D eigenvalue weighted by atomic mass is 16.4. The predicted octanol–water partition coefficient (Wildman–Crippen LogP) is 2.93. The van der Waals surface area contributed by atoms with E-state index in [0.29, 0.717) is 6.42 Å². The summed E-state index contributed by atoms with van der Waals surface area (Å²) < 4.78 is 0. The van der Waals surface area contributed by atoms with E-state index in [1.807, 2.05) is 67.7 Å². The van der Waals surface area contributed by atoms with E-state index in [2.05, 4.69) is 10.3 Å². The molecule has 0 spiro atoms. The first-order valence-corrected chi connectivity index (χ1v) is 9.45. The number of hydrogen-bond acceptors (Lipinski definition) is 4. The number of rotatable bonds is 8. The van der Waals surface area contributed by atoms with Crippen LogP contribution in [0, 0.1) is 0 Å². The number of aromatic amines is 1. The fourth-order valence-corrected chi connectivity index (χ4v) is 3.02. The number of hydrogen-bond donors (Lipinski definition) is 5. The first-order chi connectivity index (χ1) is 13.9. The lowest BCUT2D eigenvalue weighted by Gasteiger charge is -2.15. The second kappa shape index (κ2) is 11.0. The van der Waals surface area contributed by atoms with Gasteiger partial charge in [0, 0.05) is 29.6 Å². The van der Waals surface area contributed by atoms with Crippen molar-refractivity contribution in [3.63, 3.8) is 0 Å². The lowest BCUT2D eigenvalue weighted by atomic mass is 10.1. The minimum atomic E-state index is -0.972. The van der Waals surface area contributed by atoms with E-state index < -0.39 is 18.0 Å². The Morgan fingerprint density at radius 1 is 1.07 bits per heavy atom. The van der Waals surface area contributed by atoms with E-state index in [1.165, 1.54) is 0 Å². The summed E-state index contributed by atoms with van der Waals surface area (Å²) in [6.45, 7) is 2.04. The third-order valence-electron chi connectivity index (χ3n) is 4.54. The average Bonchev–Trinajstić information content (AvgIpc) is 3.12. The quantitative estimate of drug-likeness (QED) is 0.397. The summed E-state index contributed by atoms with van der Waals surface area (Å²) in [4.78, 5) is 24.1. The van der Waals surface area contributed by atoms with E-state index in [-0.39, 0.29) is 12.6 Å². The summed E-state index contributed by atoms with van der Waals surface area (Å²) in [7, 11) is 0. The molecule has 7 nitrogen and oxygen atoms in total. The van der Waals surface area contributed by atoms with Crippen molar-refractivity contribution < 1.29 is 19.8 Å². The summed E-state index contributed by atoms with van der Waals surface area (Å²) in [6, 6.07) is 16.9. The standard InChI is InChI=1S/C11H12N2O2.C11H15NO2/c12-9(11(14)15)5-7-6-13-10-4-2-1-3-8(7)10;1-2-10(12-8-11(13)14)9-6-4-3-5-7-9/h1-4,6,9,13H,5,12H2,(H,14,15);3-7,10,12H,2,8H2,1H3,(H,13,14). The maximum absolute atomic E-state index is 10.6. The molecule has 3 rings (SSSR count). The summed E-state index contributed by atoms with van der Waals surface area (Å²) in [5.41, 5.74) is 8.57. The number of H-pyrrole nitrogens is 1. The maximum atomic E-state index is 10.6. The van der Waals surface area contributed by atoms with Gasteiger partial charge in [-0.05, 0) is 23.6 Å². The third kappa shape index (κ3) is 6.74. The van der Waals surface area contributed by atoms with Crippen LogP contribution in [-0.4, -0.2) is 39.7 Å². The molecule has 29 heavy (non-hydrogen) atoms. The molecule has 0 aliphatic heterocycles. The van der Waals surface area contributed by atoms with Crippen LogP contribution in [0.1, 0.15) is 30.5 Å². The van der Waals surface area contributed by atoms with Crippen LogP contribution >= 0.6 is 0 Å². The van der Waals surface area contributed by atoms with Crippen LogP contribution in [0.4, 0.5) is 0 Å². The molecule has 154 valence electrons. The Bertz CT molecular complexity index is 924. The Labute approximate surface area is 169 Å². The molecule has 0 saturated heterocycles. The number of nitrogens with two attached hydrogens (primary N) is 1. The molecule has 7 heteroatoms. The average molecular weight is 397 g/mol.